The normalized spacial score (nSPS) is 20.6. The molecule has 2 aromatic rings. The van der Waals surface area contributed by atoms with E-state index < -0.39 is 30.0 Å². The lowest BCUT2D eigenvalue weighted by Gasteiger charge is -2.25. The molecule has 1 fully saturated rings. The zero-order valence-electron chi connectivity index (χ0n) is 19.4. The van der Waals surface area contributed by atoms with Gasteiger partial charge < -0.3 is 15.5 Å². The van der Waals surface area contributed by atoms with Crippen LogP contribution in [0.1, 0.15) is 34.8 Å². The fraction of sp³-hybridized carbons (Fsp3) is 0.440. The standard InChI is InChI=1S/C25H29F4N3O2/c1-24(17-7-5-4-6-8-17)13-20(24)23(34)30-14-18(32(2)3)11-16-9-10-19(21(26)12-16)22(33)31-15-25(27,28)29/h4-10,12,18,20H,11,13-15H2,1-3H3,(H,30,34)(H,31,33)/t18-,20-,24+/m0/s1. The first-order chi connectivity index (χ1) is 15.9. The van der Waals surface area contributed by atoms with E-state index in [0.717, 1.165) is 18.1 Å². The number of rotatable bonds is 9. The maximum atomic E-state index is 14.4. The van der Waals surface area contributed by atoms with Crippen molar-refractivity contribution in [1.82, 2.24) is 15.5 Å². The maximum Gasteiger partial charge on any atom is 0.405 e. The highest BCUT2D eigenvalue weighted by Gasteiger charge is 2.55. The van der Waals surface area contributed by atoms with E-state index in [0.29, 0.717) is 18.5 Å². The summed E-state index contributed by atoms with van der Waals surface area (Å²) in [6.45, 7) is 0.896. The Morgan fingerprint density at radius 3 is 2.38 bits per heavy atom. The van der Waals surface area contributed by atoms with Crippen LogP contribution in [-0.4, -0.2) is 56.1 Å². The number of likely N-dealkylation sites (N-methyl/N-ethyl adjacent to an activating group) is 1. The van der Waals surface area contributed by atoms with Crippen molar-refractivity contribution < 1.29 is 27.2 Å². The third kappa shape index (κ3) is 6.34. The van der Waals surface area contributed by atoms with Gasteiger partial charge in [-0.1, -0.05) is 43.3 Å². The Bertz CT molecular complexity index is 1030. The molecule has 2 aromatic carbocycles. The summed E-state index contributed by atoms with van der Waals surface area (Å²) >= 11 is 0. The van der Waals surface area contributed by atoms with E-state index >= 15 is 0 Å². The van der Waals surface area contributed by atoms with E-state index in [2.05, 4.69) is 12.2 Å². The van der Waals surface area contributed by atoms with Crippen molar-refractivity contribution in [3.63, 3.8) is 0 Å². The molecule has 0 aromatic heterocycles. The van der Waals surface area contributed by atoms with E-state index in [1.54, 1.807) is 5.32 Å². The molecule has 0 bridgehead atoms. The molecule has 184 valence electrons. The minimum Gasteiger partial charge on any atom is -0.354 e. The number of benzene rings is 2. The summed E-state index contributed by atoms with van der Waals surface area (Å²) < 4.78 is 51.3. The molecule has 0 unspecified atom stereocenters. The Kier molecular flexibility index (Phi) is 7.65. The molecular weight excluding hydrogens is 450 g/mol. The molecule has 34 heavy (non-hydrogen) atoms. The largest absolute Gasteiger partial charge is 0.405 e. The van der Waals surface area contributed by atoms with Crippen molar-refractivity contribution in [3.05, 3.63) is 71.0 Å². The predicted molar refractivity (Wildman–Crippen MR) is 121 cm³/mol. The first kappa shape index (κ1) is 25.7. The number of carbonyl (C=O) groups excluding carboxylic acids is 2. The number of nitrogens with one attached hydrogen (secondary N) is 2. The molecule has 0 saturated heterocycles. The highest BCUT2D eigenvalue weighted by atomic mass is 19.4. The zero-order chi connectivity index (χ0) is 25.1. The van der Waals surface area contributed by atoms with Gasteiger partial charge in [-0.3, -0.25) is 9.59 Å². The lowest BCUT2D eigenvalue weighted by atomic mass is 9.95. The smallest absolute Gasteiger partial charge is 0.354 e. The van der Waals surface area contributed by atoms with E-state index in [9.17, 15) is 27.2 Å². The SMILES string of the molecule is CN(C)[C@H](CNC(=O)[C@@H]1C[C@]1(C)c1ccccc1)Cc1ccc(C(=O)NCC(F)(F)F)c(F)c1. The first-order valence-electron chi connectivity index (χ1n) is 11.0. The lowest BCUT2D eigenvalue weighted by Crippen LogP contribution is -2.42. The van der Waals surface area contributed by atoms with E-state index in [-0.39, 0.29) is 23.3 Å². The molecule has 0 spiro atoms. The Morgan fingerprint density at radius 2 is 1.79 bits per heavy atom. The molecule has 0 aliphatic heterocycles. The topological polar surface area (TPSA) is 61.4 Å². The number of halogens is 4. The van der Waals surface area contributed by atoms with Gasteiger partial charge in [-0.15, -0.1) is 0 Å². The van der Waals surface area contributed by atoms with Gasteiger partial charge in [0, 0.05) is 23.9 Å². The molecule has 5 nitrogen and oxygen atoms in total. The Labute approximate surface area is 196 Å². The van der Waals surface area contributed by atoms with Crippen LogP contribution in [0.25, 0.3) is 0 Å². The summed E-state index contributed by atoms with van der Waals surface area (Å²) in [7, 11) is 3.69. The highest BCUT2D eigenvalue weighted by molar-refractivity contribution is 5.94. The Balaban J connectivity index is 1.57. The third-order valence-corrected chi connectivity index (χ3v) is 6.43. The monoisotopic (exact) mass is 479 g/mol. The number of amides is 2. The summed E-state index contributed by atoms with van der Waals surface area (Å²) in [5, 5.41) is 4.67. The van der Waals surface area contributed by atoms with E-state index in [4.69, 9.17) is 0 Å². The van der Waals surface area contributed by atoms with Crippen molar-refractivity contribution in [2.75, 3.05) is 27.2 Å². The van der Waals surface area contributed by atoms with Crippen LogP contribution in [0.5, 0.6) is 0 Å². The minimum atomic E-state index is -4.57. The van der Waals surface area contributed by atoms with Crippen LogP contribution < -0.4 is 10.6 Å². The molecule has 1 aliphatic carbocycles. The van der Waals surface area contributed by atoms with Crippen molar-refractivity contribution in [2.45, 2.75) is 37.4 Å². The highest BCUT2D eigenvalue weighted by Crippen LogP contribution is 2.53. The number of hydrogen-bond donors (Lipinski definition) is 2. The fourth-order valence-corrected chi connectivity index (χ4v) is 4.08. The van der Waals surface area contributed by atoms with E-state index in [1.807, 2.05) is 49.3 Å². The number of alkyl halides is 3. The summed E-state index contributed by atoms with van der Waals surface area (Å²) in [5.74, 6) is -2.15. The van der Waals surface area contributed by atoms with Crippen LogP contribution in [0.2, 0.25) is 0 Å². The summed E-state index contributed by atoms with van der Waals surface area (Å²) in [5.41, 5.74) is 1.08. The van der Waals surface area contributed by atoms with Crippen LogP contribution in [0, 0.1) is 11.7 Å². The van der Waals surface area contributed by atoms with Crippen molar-refractivity contribution in [1.29, 1.82) is 0 Å². The molecule has 9 heteroatoms. The first-order valence-corrected chi connectivity index (χ1v) is 11.0. The van der Waals surface area contributed by atoms with Crippen LogP contribution in [0.15, 0.2) is 48.5 Å². The second-order valence-corrected chi connectivity index (χ2v) is 9.22. The van der Waals surface area contributed by atoms with Crippen LogP contribution >= 0.6 is 0 Å². The zero-order valence-corrected chi connectivity index (χ0v) is 19.4. The second-order valence-electron chi connectivity index (χ2n) is 9.22. The predicted octanol–water partition coefficient (Wildman–Crippen LogP) is 3.68. The number of carbonyl (C=O) groups is 2. The molecule has 2 amide bonds. The second kappa shape index (κ2) is 10.1. The van der Waals surface area contributed by atoms with Crippen molar-refractivity contribution >= 4 is 11.8 Å². The van der Waals surface area contributed by atoms with Gasteiger partial charge >= 0.3 is 6.18 Å². The van der Waals surface area contributed by atoms with Gasteiger partial charge in [-0.05, 0) is 50.2 Å². The average Bonchev–Trinajstić information content (AvgIpc) is 3.48. The quantitative estimate of drug-likeness (QED) is 0.540. The number of nitrogens with zero attached hydrogens (tertiary/aromatic N) is 1. The van der Waals surface area contributed by atoms with Gasteiger partial charge in [0.15, 0.2) is 0 Å². The van der Waals surface area contributed by atoms with Gasteiger partial charge in [0.05, 0.1) is 5.56 Å². The Hall–Kier alpha value is -2.94. The van der Waals surface area contributed by atoms with Gasteiger partial charge in [0.25, 0.3) is 5.91 Å². The molecule has 2 N–H and O–H groups in total. The Morgan fingerprint density at radius 1 is 1.12 bits per heavy atom. The van der Waals surface area contributed by atoms with Crippen LogP contribution in [0.3, 0.4) is 0 Å². The average molecular weight is 480 g/mol. The van der Waals surface area contributed by atoms with Crippen molar-refractivity contribution in [3.8, 4) is 0 Å². The molecule has 3 rings (SSSR count). The molecule has 1 saturated carbocycles. The summed E-state index contributed by atoms with van der Waals surface area (Å²) in [6.07, 6.45) is -3.41. The van der Waals surface area contributed by atoms with Gasteiger partial charge in [-0.2, -0.15) is 13.2 Å². The maximum absolute atomic E-state index is 14.4. The molecule has 1 aliphatic rings. The van der Waals surface area contributed by atoms with Gasteiger partial charge in [0.1, 0.15) is 12.4 Å². The fourth-order valence-electron chi connectivity index (χ4n) is 4.08. The van der Waals surface area contributed by atoms with Crippen LogP contribution in [0.4, 0.5) is 17.6 Å². The molecule has 0 radical (unpaired) electrons. The van der Waals surface area contributed by atoms with Gasteiger partial charge in [-0.25, -0.2) is 4.39 Å². The molecular formula is C25H29F4N3O2. The van der Waals surface area contributed by atoms with Crippen LogP contribution in [-0.2, 0) is 16.6 Å². The van der Waals surface area contributed by atoms with E-state index in [1.165, 1.54) is 12.1 Å². The van der Waals surface area contributed by atoms with Gasteiger partial charge in [0.2, 0.25) is 5.91 Å². The minimum absolute atomic E-state index is 0.0268. The molecule has 3 atom stereocenters. The number of hydrogen-bond acceptors (Lipinski definition) is 3. The van der Waals surface area contributed by atoms with Crippen molar-refractivity contribution in [2.24, 2.45) is 5.92 Å². The summed E-state index contributed by atoms with van der Waals surface area (Å²) in [6, 6.07) is 13.6. The summed E-state index contributed by atoms with van der Waals surface area (Å²) in [4.78, 5) is 26.5. The lowest BCUT2D eigenvalue weighted by molar-refractivity contribution is -0.123. The molecule has 0 heterocycles. The third-order valence-electron chi connectivity index (χ3n) is 6.43.